The molecule has 0 unspecified atom stereocenters. The van der Waals surface area contributed by atoms with Gasteiger partial charge in [0.15, 0.2) is 0 Å². The maximum absolute atomic E-state index is 11.5. The molecule has 1 aliphatic rings. The van der Waals surface area contributed by atoms with Crippen molar-refractivity contribution in [2.75, 3.05) is 11.4 Å². The second kappa shape index (κ2) is 5.59. The molecule has 0 atom stereocenters. The number of aromatic nitrogens is 1. The molecule has 0 amide bonds. The number of hydrogen-bond acceptors (Lipinski definition) is 3. The van der Waals surface area contributed by atoms with Gasteiger partial charge in [0.25, 0.3) is 0 Å². The normalized spacial score (nSPS) is 14.5. The van der Waals surface area contributed by atoms with Gasteiger partial charge in [-0.05, 0) is 39.2 Å². The minimum Gasteiger partial charge on any atom is -0.478 e. The van der Waals surface area contributed by atoms with Crippen LogP contribution in [0.3, 0.4) is 0 Å². The molecule has 104 valence electrons. The number of aryl methyl sites for hydroxylation is 2. The number of aromatic carboxylic acids is 1. The van der Waals surface area contributed by atoms with Crippen LogP contribution in [0.2, 0.25) is 0 Å². The zero-order valence-electron chi connectivity index (χ0n) is 11.9. The fourth-order valence-electron chi connectivity index (χ4n) is 2.51. The molecule has 0 spiro atoms. The van der Waals surface area contributed by atoms with Gasteiger partial charge in [-0.2, -0.15) is 0 Å². The van der Waals surface area contributed by atoms with Crippen LogP contribution in [0.15, 0.2) is 6.07 Å². The molecule has 1 aromatic heterocycles. The van der Waals surface area contributed by atoms with Crippen molar-refractivity contribution in [3.05, 3.63) is 23.0 Å². The van der Waals surface area contributed by atoms with Gasteiger partial charge in [-0.15, -0.1) is 0 Å². The van der Waals surface area contributed by atoms with Gasteiger partial charge in [-0.3, -0.25) is 4.98 Å². The Bertz CT molecular complexity index is 481. The zero-order valence-corrected chi connectivity index (χ0v) is 11.9. The van der Waals surface area contributed by atoms with Crippen LogP contribution in [0.1, 0.15) is 54.4 Å². The average molecular weight is 262 g/mol. The first-order valence-corrected chi connectivity index (χ1v) is 7.02. The van der Waals surface area contributed by atoms with Crippen LogP contribution >= 0.6 is 0 Å². The molecule has 0 bridgehead atoms. The van der Waals surface area contributed by atoms with Gasteiger partial charge in [0.05, 0.1) is 11.4 Å². The monoisotopic (exact) mass is 262 g/mol. The third-order valence-electron chi connectivity index (χ3n) is 3.57. The number of hydrogen-bond donors (Lipinski definition) is 1. The molecule has 1 aromatic rings. The van der Waals surface area contributed by atoms with Crippen molar-refractivity contribution in [2.45, 2.75) is 52.5 Å². The Morgan fingerprint density at radius 3 is 2.68 bits per heavy atom. The van der Waals surface area contributed by atoms with Gasteiger partial charge in [-0.1, -0.05) is 13.3 Å². The number of carboxylic acids is 1. The van der Waals surface area contributed by atoms with Gasteiger partial charge in [0.1, 0.15) is 5.56 Å². The number of rotatable bonds is 6. The molecule has 2 rings (SSSR count). The first kappa shape index (κ1) is 13.8. The Balaban J connectivity index is 2.42. The van der Waals surface area contributed by atoms with E-state index < -0.39 is 5.97 Å². The molecule has 0 aromatic carbocycles. The third-order valence-corrected chi connectivity index (χ3v) is 3.57. The summed E-state index contributed by atoms with van der Waals surface area (Å²) in [4.78, 5) is 18.1. The summed E-state index contributed by atoms with van der Waals surface area (Å²) >= 11 is 0. The molecule has 4 heteroatoms. The summed E-state index contributed by atoms with van der Waals surface area (Å²) < 4.78 is 0. The first-order valence-electron chi connectivity index (χ1n) is 7.02. The summed E-state index contributed by atoms with van der Waals surface area (Å²) in [6, 6.07) is 2.44. The maximum Gasteiger partial charge on any atom is 0.339 e. The highest BCUT2D eigenvalue weighted by Crippen LogP contribution is 2.35. The lowest BCUT2D eigenvalue weighted by Crippen LogP contribution is -2.29. The van der Waals surface area contributed by atoms with E-state index in [-0.39, 0.29) is 0 Å². The second-order valence-corrected chi connectivity index (χ2v) is 5.33. The molecule has 19 heavy (non-hydrogen) atoms. The fraction of sp³-hybridized carbons (Fsp3) is 0.600. The van der Waals surface area contributed by atoms with E-state index >= 15 is 0 Å². The van der Waals surface area contributed by atoms with Gasteiger partial charge < -0.3 is 10.0 Å². The number of carboxylic acid groups (broad SMARTS) is 1. The quantitative estimate of drug-likeness (QED) is 0.855. The summed E-state index contributed by atoms with van der Waals surface area (Å²) in [5, 5.41) is 9.45. The molecular weight excluding hydrogens is 240 g/mol. The van der Waals surface area contributed by atoms with E-state index in [0.29, 0.717) is 17.3 Å². The van der Waals surface area contributed by atoms with Crippen molar-refractivity contribution in [1.82, 2.24) is 4.98 Å². The minimum atomic E-state index is -0.873. The van der Waals surface area contributed by atoms with Gasteiger partial charge >= 0.3 is 5.97 Å². The van der Waals surface area contributed by atoms with Crippen LogP contribution in [-0.4, -0.2) is 28.6 Å². The van der Waals surface area contributed by atoms with Crippen molar-refractivity contribution < 1.29 is 9.90 Å². The smallest absolute Gasteiger partial charge is 0.339 e. The van der Waals surface area contributed by atoms with Crippen LogP contribution in [0.25, 0.3) is 0 Å². The van der Waals surface area contributed by atoms with Crippen molar-refractivity contribution >= 4 is 11.7 Å². The largest absolute Gasteiger partial charge is 0.478 e. The van der Waals surface area contributed by atoms with Crippen LogP contribution in [0.4, 0.5) is 5.69 Å². The average Bonchev–Trinajstić information content (AvgIpc) is 3.12. The van der Waals surface area contributed by atoms with Crippen molar-refractivity contribution in [3.8, 4) is 0 Å². The van der Waals surface area contributed by atoms with E-state index in [1.54, 1.807) is 6.92 Å². The van der Waals surface area contributed by atoms with Crippen molar-refractivity contribution in [1.29, 1.82) is 0 Å². The molecule has 1 aliphatic carbocycles. The van der Waals surface area contributed by atoms with Crippen molar-refractivity contribution in [3.63, 3.8) is 0 Å². The first-order chi connectivity index (χ1) is 9.04. The van der Waals surface area contributed by atoms with Crippen LogP contribution in [0, 0.1) is 13.8 Å². The second-order valence-electron chi connectivity index (χ2n) is 5.33. The Morgan fingerprint density at radius 1 is 1.47 bits per heavy atom. The lowest BCUT2D eigenvalue weighted by molar-refractivity contribution is 0.0696. The van der Waals surface area contributed by atoms with Crippen LogP contribution in [0.5, 0.6) is 0 Å². The highest BCUT2D eigenvalue weighted by atomic mass is 16.4. The molecule has 0 saturated heterocycles. The summed E-state index contributed by atoms with van der Waals surface area (Å²) in [5.74, 6) is -0.873. The SMILES string of the molecule is CCCCN(c1cc(C)nc(C)c1C(=O)O)C1CC1. The topological polar surface area (TPSA) is 53.4 Å². The molecule has 1 heterocycles. The molecular formula is C15H22N2O2. The van der Waals surface area contributed by atoms with Gasteiger partial charge in [0, 0.05) is 18.3 Å². The predicted molar refractivity (Wildman–Crippen MR) is 75.9 cm³/mol. The van der Waals surface area contributed by atoms with Crippen LogP contribution < -0.4 is 4.90 Å². The Kier molecular flexibility index (Phi) is 4.08. The summed E-state index contributed by atoms with van der Waals surface area (Å²) in [6.45, 7) is 6.80. The summed E-state index contributed by atoms with van der Waals surface area (Å²) in [5.41, 5.74) is 2.73. The number of anilines is 1. The molecule has 1 fully saturated rings. The number of unbranched alkanes of at least 4 members (excludes halogenated alkanes) is 1. The predicted octanol–water partition coefficient (Wildman–Crippen LogP) is 3.17. The van der Waals surface area contributed by atoms with E-state index in [0.717, 1.165) is 30.8 Å². The minimum absolute atomic E-state index is 0.369. The fourth-order valence-corrected chi connectivity index (χ4v) is 2.51. The standard InChI is InChI=1S/C15H22N2O2/c1-4-5-8-17(12-6-7-12)13-9-10(2)16-11(3)14(13)15(18)19/h9,12H,4-8H2,1-3H3,(H,18,19). The summed E-state index contributed by atoms with van der Waals surface area (Å²) in [6.07, 6.45) is 4.55. The van der Waals surface area contributed by atoms with E-state index in [2.05, 4.69) is 16.8 Å². The van der Waals surface area contributed by atoms with Crippen molar-refractivity contribution in [2.24, 2.45) is 0 Å². The highest BCUT2D eigenvalue weighted by Gasteiger charge is 2.32. The number of carbonyl (C=O) groups is 1. The van der Waals surface area contributed by atoms with E-state index in [4.69, 9.17) is 0 Å². The Labute approximate surface area is 114 Å². The lowest BCUT2D eigenvalue weighted by Gasteiger charge is -2.27. The number of pyridine rings is 1. The Morgan fingerprint density at radius 2 is 2.16 bits per heavy atom. The third kappa shape index (κ3) is 3.06. The zero-order chi connectivity index (χ0) is 14.0. The molecule has 0 radical (unpaired) electrons. The van der Waals surface area contributed by atoms with E-state index in [1.165, 1.54) is 12.8 Å². The highest BCUT2D eigenvalue weighted by molar-refractivity contribution is 5.95. The van der Waals surface area contributed by atoms with Crippen LogP contribution in [-0.2, 0) is 0 Å². The molecule has 1 saturated carbocycles. The maximum atomic E-state index is 11.5. The Hall–Kier alpha value is -1.58. The molecule has 0 aliphatic heterocycles. The lowest BCUT2D eigenvalue weighted by atomic mass is 10.1. The van der Waals surface area contributed by atoms with Gasteiger partial charge in [0.2, 0.25) is 0 Å². The van der Waals surface area contributed by atoms with E-state index in [1.807, 2.05) is 13.0 Å². The summed E-state index contributed by atoms with van der Waals surface area (Å²) in [7, 11) is 0. The van der Waals surface area contributed by atoms with Gasteiger partial charge in [-0.25, -0.2) is 4.79 Å². The van der Waals surface area contributed by atoms with E-state index in [9.17, 15) is 9.90 Å². The molecule has 4 nitrogen and oxygen atoms in total. The number of nitrogens with zero attached hydrogens (tertiary/aromatic N) is 2. The molecule has 1 N–H and O–H groups in total.